The van der Waals surface area contributed by atoms with Crippen LogP contribution in [0.3, 0.4) is 0 Å². The molecule has 0 saturated heterocycles. The Morgan fingerprint density at radius 1 is 1.31 bits per heavy atom. The summed E-state index contributed by atoms with van der Waals surface area (Å²) in [5.41, 5.74) is 0.465. The Morgan fingerprint density at radius 2 is 2.08 bits per heavy atom. The lowest BCUT2D eigenvalue weighted by molar-refractivity contribution is 0.00452. The standard InChI is InChI=1S/C10H19BrO2/c1-12-6-3-7-13-9-10(8-11)4-2-5-10/h2-9H2,1H3. The van der Waals surface area contributed by atoms with Gasteiger partial charge in [0.2, 0.25) is 0 Å². The molecule has 0 aliphatic heterocycles. The Labute approximate surface area is 89.1 Å². The van der Waals surface area contributed by atoms with E-state index in [1.165, 1.54) is 19.3 Å². The van der Waals surface area contributed by atoms with Crippen LogP contribution in [0.5, 0.6) is 0 Å². The van der Waals surface area contributed by atoms with Crippen LogP contribution in [-0.4, -0.2) is 32.3 Å². The number of alkyl halides is 1. The fourth-order valence-corrected chi connectivity index (χ4v) is 2.31. The summed E-state index contributed by atoms with van der Waals surface area (Å²) in [6.07, 6.45) is 5.02. The van der Waals surface area contributed by atoms with Crippen molar-refractivity contribution in [3.63, 3.8) is 0 Å². The zero-order valence-electron chi connectivity index (χ0n) is 8.35. The lowest BCUT2D eigenvalue weighted by atomic mass is 9.71. The van der Waals surface area contributed by atoms with Crippen molar-refractivity contribution in [2.45, 2.75) is 25.7 Å². The van der Waals surface area contributed by atoms with E-state index in [1.807, 2.05) is 0 Å². The van der Waals surface area contributed by atoms with Crippen molar-refractivity contribution in [3.8, 4) is 0 Å². The molecule has 1 rings (SSSR count). The Kier molecular flexibility index (Phi) is 5.29. The molecule has 0 aromatic rings. The number of rotatable bonds is 7. The third-order valence-electron chi connectivity index (χ3n) is 2.74. The van der Waals surface area contributed by atoms with Crippen LogP contribution in [0.1, 0.15) is 25.7 Å². The average Bonchev–Trinajstić information content (AvgIpc) is 2.09. The van der Waals surface area contributed by atoms with E-state index in [4.69, 9.17) is 9.47 Å². The maximum atomic E-state index is 5.62. The van der Waals surface area contributed by atoms with Crippen molar-refractivity contribution in [2.75, 3.05) is 32.3 Å². The van der Waals surface area contributed by atoms with Crippen molar-refractivity contribution in [1.29, 1.82) is 0 Å². The highest BCUT2D eigenvalue weighted by molar-refractivity contribution is 9.09. The van der Waals surface area contributed by atoms with Crippen LogP contribution in [0.15, 0.2) is 0 Å². The first-order valence-electron chi connectivity index (χ1n) is 4.96. The largest absolute Gasteiger partial charge is 0.385 e. The lowest BCUT2D eigenvalue weighted by Crippen LogP contribution is -2.36. The van der Waals surface area contributed by atoms with Crippen LogP contribution in [0, 0.1) is 5.41 Å². The summed E-state index contributed by atoms with van der Waals surface area (Å²) in [4.78, 5) is 0. The van der Waals surface area contributed by atoms with E-state index < -0.39 is 0 Å². The van der Waals surface area contributed by atoms with Gasteiger partial charge in [-0.05, 0) is 19.3 Å². The molecule has 2 nitrogen and oxygen atoms in total. The second-order valence-electron chi connectivity index (χ2n) is 3.89. The highest BCUT2D eigenvalue weighted by Gasteiger charge is 2.35. The fraction of sp³-hybridized carbons (Fsp3) is 1.00. The first-order valence-corrected chi connectivity index (χ1v) is 6.08. The molecule has 0 N–H and O–H groups in total. The highest BCUT2D eigenvalue weighted by atomic mass is 79.9. The fourth-order valence-electron chi connectivity index (χ4n) is 1.59. The van der Waals surface area contributed by atoms with Crippen LogP contribution in [0.2, 0.25) is 0 Å². The molecule has 0 radical (unpaired) electrons. The molecule has 0 spiro atoms. The summed E-state index contributed by atoms with van der Waals surface area (Å²) in [7, 11) is 1.73. The molecule has 0 aromatic heterocycles. The maximum Gasteiger partial charge on any atom is 0.0530 e. The van der Waals surface area contributed by atoms with Crippen molar-refractivity contribution >= 4 is 15.9 Å². The normalized spacial score (nSPS) is 19.8. The van der Waals surface area contributed by atoms with E-state index in [1.54, 1.807) is 7.11 Å². The van der Waals surface area contributed by atoms with Crippen LogP contribution < -0.4 is 0 Å². The Bertz CT molecular complexity index is 129. The summed E-state index contributed by atoms with van der Waals surface area (Å²) >= 11 is 3.56. The van der Waals surface area contributed by atoms with Crippen molar-refractivity contribution < 1.29 is 9.47 Å². The smallest absolute Gasteiger partial charge is 0.0530 e. The predicted molar refractivity (Wildman–Crippen MR) is 57.4 cm³/mol. The zero-order valence-corrected chi connectivity index (χ0v) is 9.94. The topological polar surface area (TPSA) is 18.5 Å². The van der Waals surface area contributed by atoms with Crippen LogP contribution >= 0.6 is 15.9 Å². The third-order valence-corrected chi connectivity index (χ3v) is 3.93. The van der Waals surface area contributed by atoms with Crippen LogP contribution in [0.4, 0.5) is 0 Å². The molecule has 0 heterocycles. The van der Waals surface area contributed by atoms with Gasteiger partial charge in [0.15, 0.2) is 0 Å². The van der Waals surface area contributed by atoms with Crippen molar-refractivity contribution in [1.82, 2.24) is 0 Å². The number of hydrogen-bond acceptors (Lipinski definition) is 2. The number of hydrogen-bond donors (Lipinski definition) is 0. The van der Waals surface area contributed by atoms with E-state index in [0.717, 1.165) is 31.6 Å². The summed E-state index contributed by atoms with van der Waals surface area (Å²) in [6, 6.07) is 0. The van der Waals surface area contributed by atoms with Crippen LogP contribution in [0.25, 0.3) is 0 Å². The van der Waals surface area contributed by atoms with E-state index in [2.05, 4.69) is 15.9 Å². The first-order chi connectivity index (χ1) is 6.33. The summed E-state index contributed by atoms with van der Waals surface area (Å²) in [5.74, 6) is 0. The Morgan fingerprint density at radius 3 is 2.54 bits per heavy atom. The highest BCUT2D eigenvalue weighted by Crippen LogP contribution is 2.42. The Balaban J connectivity index is 1.98. The molecule has 13 heavy (non-hydrogen) atoms. The minimum Gasteiger partial charge on any atom is -0.385 e. The monoisotopic (exact) mass is 250 g/mol. The van der Waals surface area contributed by atoms with Crippen molar-refractivity contribution in [2.24, 2.45) is 5.41 Å². The third kappa shape index (κ3) is 3.56. The molecule has 78 valence electrons. The second-order valence-corrected chi connectivity index (χ2v) is 4.45. The second kappa shape index (κ2) is 5.99. The molecule has 0 unspecified atom stereocenters. The van der Waals surface area contributed by atoms with Gasteiger partial charge in [-0.3, -0.25) is 0 Å². The number of ether oxygens (including phenoxy) is 2. The van der Waals surface area contributed by atoms with Gasteiger partial charge in [-0.1, -0.05) is 22.4 Å². The molecule has 1 aliphatic carbocycles. The van der Waals surface area contributed by atoms with E-state index in [0.29, 0.717) is 5.41 Å². The average molecular weight is 251 g/mol. The van der Waals surface area contributed by atoms with Gasteiger partial charge in [0, 0.05) is 31.1 Å². The number of halogens is 1. The minimum absolute atomic E-state index is 0.465. The van der Waals surface area contributed by atoms with Crippen molar-refractivity contribution in [3.05, 3.63) is 0 Å². The Hall–Kier alpha value is 0.400. The van der Waals surface area contributed by atoms with Gasteiger partial charge in [0.1, 0.15) is 0 Å². The molecule has 0 aromatic carbocycles. The molecular formula is C10H19BrO2. The summed E-state index contributed by atoms with van der Waals surface area (Å²) < 4.78 is 10.6. The molecule has 1 aliphatic rings. The van der Waals surface area contributed by atoms with Gasteiger partial charge < -0.3 is 9.47 Å². The molecule has 0 amide bonds. The van der Waals surface area contributed by atoms with Gasteiger partial charge in [-0.15, -0.1) is 0 Å². The molecule has 3 heteroatoms. The van der Waals surface area contributed by atoms with Crippen LogP contribution in [-0.2, 0) is 9.47 Å². The van der Waals surface area contributed by atoms with Gasteiger partial charge >= 0.3 is 0 Å². The van der Waals surface area contributed by atoms with Gasteiger partial charge in [0.25, 0.3) is 0 Å². The molecule has 1 fully saturated rings. The molecule has 0 atom stereocenters. The first kappa shape index (κ1) is 11.5. The molecule has 0 bridgehead atoms. The van der Waals surface area contributed by atoms with Gasteiger partial charge in [-0.25, -0.2) is 0 Å². The van der Waals surface area contributed by atoms with E-state index in [-0.39, 0.29) is 0 Å². The van der Waals surface area contributed by atoms with Gasteiger partial charge in [0.05, 0.1) is 6.61 Å². The zero-order chi connectivity index (χ0) is 9.57. The summed E-state index contributed by atoms with van der Waals surface area (Å²) in [5, 5.41) is 1.09. The van der Waals surface area contributed by atoms with E-state index >= 15 is 0 Å². The SMILES string of the molecule is COCCCOCC1(CBr)CCC1. The maximum absolute atomic E-state index is 5.62. The molecule has 1 saturated carbocycles. The predicted octanol–water partition coefficient (Wildman–Crippen LogP) is 2.60. The number of methoxy groups -OCH3 is 1. The lowest BCUT2D eigenvalue weighted by Gasteiger charge is -2.40. The summed E-state index contributed by atoms with van der Waals surface area (Å²) in [6.45, 7) is 2.56. The quantitative estimate of drug-likeness (QED) is 0.511. The van der Waals surface area contributed by atoms with Gasteiger partial charge in [-0.2, -0.15) is 0 Å². The minimum atomic E-state index is 0.465. The molecular weight excluding hydrogens is 232 g/mol. The van der Waals surface area contributed by atoms with E-state index in [9.17, 15) is 0 Å².